The number of hydrogen-bond acceptors (Lipinski definition) is 9. The molecule has 0 aliphatic rings. The van der Waals surface area contributed by atoms with Gasteiger partial charge in [0.2, 0.25) is 0 Å². The van der Waals surface area contributed by atoms with Crippen LogP contribution >= 0.6 is 15.2 Å². The molecule has 11 nitrogen and oxygen atoms in total. The molecule has 0 aromatic heterocycles. The van der Waals surface area contributed by atoms with E-state index in [9.17, 15) is 9.13 Å². The Hall–Kier alpha value is 0.1000. The van der Waals surface area contributed by atoms with Gasteiger partial charge in [-0.15, -0.1) is 0 Å². The molecule has 0 spiro atoms. The van der Waals surface area contributed by atoms with E-state index in [2.05, 4.69) is 9.05 Å². The summed E-state index contributed by atoms with van der Waals surface area (Å²) in [7, 11) is -6.86. The molecule has 0 aromatic rings. The first kappa shape index (κ1) is 27.1. The van der Waals surface area contributed by atoms with Crippen molar-refractivity contribution in [1.29, 1.82) is 0 Å². The fourth-order valence-corrected chi connectivity index (χ4v) is 2.34. The Kier molecular flexibility index (Phi) is 17.1. The van der Waals surface area contributed by atoms with Crippen molar-refractivity contribution >= 4 is 15.2 Å². The highest BCUT2D eigenvalue weighted by Gasteiger charge is 2.09. The van der Waals surface area contributed by atoms with Gasteiger partial charge < -0.3 is 42.5 Å². The Morgan fingerprint density at radius 3 is 0.852 bits per heavy atom. The second-order valence-electron chi connectivity index (χ2n) is 5.33. The summed E-state index contributed by atoms with van der Waals surface area (Å²) in [6.07, 6.45) is 0. The van der Waals surface area contributed by atoms with Crippen LogP contribution in [0.1, 0.15) is 0 Å². The maximum absolute atomic E-state index is 10.8. The molecule has 0 heterocycles. The molecule has 0 saturated carbocycles. The van der Waals surface area contributed by atoms with Crippen molar-refractivity contribution in [3.05, 3.63) is 0 Å². The van der Waals surface area contributed by atoms with E-state index in [1.165, 1.54) is 0 Å². The summed E-state index contributed by atoms with van der Waals surface area (Å²) < 4.78 is 57.1. The fraction of sp³-hybridized carbons (Fsp3) is 1.00. The lowest BCUT2D eigenvalue weighted by Gasteiger charge is -2.09. The molecule has 13 heteroatoms. The van der Waals surface area contributed by atoms with Crippen molar-refractivity contribution in [3.63, 3.8) is 0 Å². The van der Waals surface area contributed by atoms with E-state index < -0.39 is 15.2 Å². The minimum absolute atomic E-state index is 0.0652. The zero-order valence-corrected chi connectivity index (χ0v) is 17.7. The van der Waals surface area contributed by atoms with Gasteiger partial charge in [0, 0.05) is 13.3 Å². The Bertz CT molecular complexity index is 385. The molecule has 2 atom stereocenters. The van der Waals surface area contributed by atoms with Crippen LogP contribution in [0.15, 0.2) is 0 Å². The average Bonchev–Trinajstić information content (AvgIpc) is 2.55. The summed E-state index contributed by atoms with van der Waals surface area (Å²) in [5.41, 5.74) is 0. The van der Waals surface area contributed by atoms with Crippen LogP contribution in [-0.2, 0) is 41.9 Å². The van der Waals surface area contributed by atoms with Gasteiger partial charge in [-0.2, -0.15) is 0 Å². The topological polar surface area (TPSA) is 139 Å². The second-order valence-corrected chi connectivity index (χ2v) is 9.06. The van der Waals surface area contributed by atoms with Crippen LogP contribution in [0.5, 0.6) is 0 Å². The monoisotopic (exact) mass is 438 g/mol. The average molecular weight is 438 g/mol. The van der Waals surface area contributed by atoms with Crippen molar-refractivity contribution < 1.29 is 51.6 Å². The molecule has 27 heavy (non-hydrogen) atoms. The normalized spacial score (nSPS) is 16.1. The van der Waals surface area contributed by atoms with Crippen LogP contribution in [0, 0.1) is 0 Å². The Labute approximate surface area is 160 Å². The summed E-state index contributed by atoms with van der Waals surface area (Å²) in [6, 6.07) is 0. The van der Waals surface area contributed by atoms with Crippen molar-refractivity contribution in [1.82, 2.24) is 0 Å². The molecule has 0 aliphatic heterocycles. The van der Waals surface area contributed by atoms with Gasteiger partial charge in [0.25, 0.3) is 0 Å². The predicted octanol–water partition coefficient (Wildman–Crippen LogP) is 0.733. The molecule has 164 valence electrons. The lowest BCUT2D eigenvalue weighted by molar-refractivity contribution is -0.0144. The maximum atomic E-state index is 10.8. The maximum Gasteiger partial charge on any atom is 0.325 e. The molecule has 0 saturated heterocycles. The zero-order valence-electron chi connectivity index (χ0n) is 15.9. The van der Waals surface area contributed by atoms with E-state index in [0.717, 1.165) is 13.3 Å². The molecule has 2 unspecified atom stereocenters. The van der Waals surface area contributed by atoms with Gasteiger partial charge in [-0.1, -0.05) is 0 Å². The molecule has 0 aliphatic carbocycles. The molecule has 0 amide bonds. The highest BCUT2D eigenvalue weighted by molar-refractivity contribution is 7.52. The van der Waals surface area contributed by atoms with Crippen molar-refractivity contribution in [2.45, 2.75) is 0 Å². The minimum Gasteiger partial charge on any atom is -0.377 e. The summed E-state index contributed by atoms with van der Waals surface area (Å²) in [5.74, 6) is 0. The highest BCUT2D eigenvalue weighted by atomic mass is 31.2. The zero-order chi connectivity index (χ0) is 20.4. The fourth-order valence-electron chi connectivity index (χ4n) is 1.51. The van der Waals surface area contributed by atoms with Crippen LogP contribution < -0.4 is 0 Å². The Morgan fingerprint density at radius 1 is 0.481 bits per heavy atom. The first-order chi connectivity index (χ1) is 12.7. The van der Waals surface area contributed by atoms with E-state index >= 15 is 0 Å². The van der Waals surface area contributed by atoms with Crippen LogP contribution in [0.3, 0.4) is 0 Å². The quantitative estimate of drug-likeness (QED) is 0.205. The third-order valence-electron chi connectivity index (χ3n) is 2.61. The Morgan fingerprint density at radius 2 is 0.667 bits per heavy atom. The minimum atomic E-state index is -3.43. The van der Waals surface area contributed by atoms with Gasteiger partial charge in [0.05, 0.1) is 79.3 Å². The molecular formula is C14H32O11P2. The molecule has 0 aromatic carbocycles. The molecule has 0 rings (SSSR count). The molecule has 0 fully saturated rings. The summed E-state index contributed by atoms with van der Waals surface area (Å²) in [4.78, 5) is 17.8. The van der Waals surface area contributed by atoms with Gasteiger partial charge in [0.15, 0.2) is 0 Å². The summed E-state index contributed by atoms with van der Waals surface area (Å²) in [6.45, 7) is 6.08. The van der Waals surface area contributed by atoms with Gasteiger partial charge in [-0.3, -0.25) is 9.13 Å². The predicted molar refractivity (Wildman–Crippen MR) is 97.5 cm³/mol. The smallest absolute Gasteiger partial charge is 0.325 e. The van der Waals surface area contributed by atoms with Crippen molar-refractivity contribution in [2.24, 2.45) is 0 Å². The highest BCUT2D eigenvalue weighted by Crippen LogP contribution is 2.36. The molecular weight excluding hydrogens is 406 g/mol. The van der Waals surface area contributed by atoms with Crippen LogP contribution in [0.25, 0.3) is 0 Å². The number of hydrogen-bond donors (Lipinski definition) is 2. The lowest BCUT2D eigenvalue weighted by Crippen LogP contribution is -2.14. The second kappa shape index (κ2) is 17.0. The van der Waals surface area contributed by atoms with E-state index in [1.807, 2.05) is 0 Å². The summed E-state index contributed by atoms with van der Waals surface area (Å²) in [5, 5.41) is 0. The van der Waals surface area contributed by atoms with Crippen LogP contribution in [0.4, 0.5) is 0 Å². The van der Waals surface area contributed by atoms with Gasteiger partial charge in [0.1, 0.15) is 0 Å². The van der Waals surface area contributed by atoms with E-state index in [-0.39, 0.29) is 26.4 Å². The SMILES string of the molecule is CP(=O)(O)OCCOCCOCCOCCOCCOCCOP(C)(=O)O. The van der Waals surface area contributed by atoms with Crippen molar-refractivity contribution in [3.8, 4) is 0 Å². The largest absolute Gasteiger partial charge is 0.377 e. The molecule has 0 bridgehead atoms. The van der Waals surface area contributed by atoms with Crippen LogP contribution in [0.2, 0.25) is 0 Å². The standard InChI is InChI=1S/C14H32O11P2/c1-26(15,16)24-13-11-22-9-7-20-5-3-19-4-6-21-8-10-23-12-14-25-27(2,17)18/h3-14H2,1-2H3,(H,15,16)(H,17,18). The van der Waals surface area contributed by atoms with Gasteiger partial charge in [-0.05, 0) is 0 Å². The van der Waals surface area contributed by atoms with Crippen LogP contribution in [-0.4, -0.2) is 102 Å². The molecule has 0 radical (unpaired) electrons. The van der Waals surface area contributed by atoms with E-state index in [0.29, 0.717) is 52.9 Å². The van der Waals surface area contributed by atoms with E-state index in [1.54, 1.807) is 0 Å². The first-order valence-electron chi connectivity index (χ1n) is 8.49. The van der Waals surface area contributed by atoms with Gasteiger partial charge in [-0.25, -0.2) is 0 Å². The lowest BCUT2D eigenvalue weighted by atomic mass is 10.7. The summed E-state index contributed by atoms with van der Waals surface area (Å²) >= 11 is 0. The number of ether oxygens (including phenoxy) is 5. The first-order valence-corrected chi connectivity index (χ1v) is 12.5. The third kappa shape index (κ3) is 26.1. The van der Waals surface area contributed by atoms with Gasteiger partial charge >= 0.3 is 15.2 Å². The molecule has 2 N–H and O–H groups in total. The number of rotatable bonds is 20. The van der Waals surface area contributed by atoms with Crippen molar-refractivity contribution in [2.75, 3.05) is 92.6 Å². The van der Waals surface area contributed by atoms with E-state index in [4.69, 9.17) is 33.5 Å². The Balaban J connectivity index is 3.09. The third-order valence-corrected chi connectivity index (χ3v) is 3.93.